The Balaban J connectivity index is 1.72. The Kier molecular flexibility index (Phi) is 4.41. The molecule has 0 radical (unpaired) electrons. The molecule has 1 aliphatic rings. The molecule has 144 valence electrons. The summed E-state index contributed by atoms with van der Waals surface area (Å²) in [6.07, 6.45) is 12.5. The number of H-pyrrole nitrogens is 1. The largest absolute Gasteiger partial charge is 0.382 e. The van der Waals surface area contributed by atoms with Crippen molar-refractivity contribution in [3.63, 3.8) is 0 Å². The number of benzene rings is 1. The number of anilines is 5. The fraction of sp³-hybridized carbons (Fsp3) is 0.200. The van der Waals surface area contributed by atoms with E-state index >= 15 is 0 Å². The van der Waals surface area contributed by atoms with Crippen LogP contribution in [-0.2, 0) is 4.79 Å². The summed E-state index contributed by atoms with van der Waals surface area (Å²) in [5, 5.41) is 10.8. The number of carbonyl (C=O) groups is 1. The van der Waals surface area contributed by atoms with Gasteiger partial charge in [0, 0.05) is 11.1 Å². The minimum atomic E-state index is -0.487. The molecule has 9 heteroatoms. The molecule has 4 N–H and O–H groups in total. The van der Waals surface area contributed by atoms with Crippen molar-refractivity contribution in [2.75, 3.05) is 33.9 Å². The highest BCUT2D eigenvalue weighted by Gasteiger charge is 2.36. The number of nitrogens with two attached hydrogens (primary N) is 1. The summed E-state index contributed by atoms with van der Waals surface area (Å²) in [7, 11) is 0. The van der Waals surface area contributed by atoms with Gasteiger partial charge in [0.05, 0.1) is 24.8 Å². The van der Waals surface area contributed by atoms with Crippen LogP contribution in [-0.4, -0.2) is 45.2 Å². The molecule has 0 saturated heterocycles. The molecule has 0 saturated carbocycles. The van der Waals surface area contributed by atoms with Crippen LogP contribution in [0.5, 0.6) is 0 Å². The van der Waals surface area contributed by atoms with Crippen molar-refractivity contribution in [1.82, 2.24) is 20.2 Å². The Bertz CT molecular complexity index is 1190. The van der Waals surface area contributed by atoms with Crippen LogP contribution in [0, 0.1) is 24.7 Å². The third-order valence-electron chi connectivity index (χ3n) is 4.76. The quantitative estimate of drug-likeness (QED) is 0.582. The summed E-state index contributed by atoms with van der Waals surface area (Å²) in [4.78, 5) is 24.9. The first-order valence-electron chi connectivity index (χ1n) is 8.86. The van der Waals surface area contributed by atoms with Crippen molar-refractivity contribution < 1.29 is 4.79 Å². The second-order valence-electron chi connectivity index (χ2n) is 6.53. The van der Waals surface area contributed by atoms with Gasteiger partial charge in [-0.1, -0.05) is 11.8 Å². The molecular weight excluding hydrogens is 368 g/mol. The molecule has 0 spiro atoms. The summed E-state index contributed by atoms with van der Waals surface area (Å²) in [6.45, 7) is 2.14. The van der Waals surface area contributed by atoms with E-state index in [-0.39, 0.29) is 19.0 Å². The zero-order valence-corrected chi connectivity index (χ0v) is 15.7. The molecule has 3 heterocycles. The zero-order valence-electron chi connectivity index (χ0n) is 15.7. The van der Waals surface area contributed by atoms with Gasteiger partial charge in [-0.2, -0.15) is 10.1 Å². The standard InChI is InChI=1S/C20H18N8O/c1-4-8-27-12(3)19(29)28(9-5-2)16-11-22-20(24-18(16)27)23-13-6-7-14-15(10-13)25-26-17(14)21/h1-2,6-7,10-12H,8-9H2,3H3,(H3,21,25,26)(H,22,23,24)/t12-/m1/s1. The van der Waals surface area contributed by atoms with Crippen LogP contribution in [0.2, 0.25) is 0 Å². The highest BCUT2D eigenvalue weighted by atomic mass is 16.2. The highest BCUT2D eigenvalue weighted by Crippen LogP contribution is 2.35. The monoisotopic (exact) mass is 386 g/mol. The van der Waals surface area contributed by atoms with E-state index in [4.69, 9.17) is 18.6 Å². The lowest BCUT2D eigenvalue weighted by molar-refractivity contribution is -0.119. The summed E-state index contributed by atoms with van der Waals surface area (Å²) in [5.74, 6) is 6.29. The van der Waals surface area contributed by atoms with Crippen LogP contribution in [0.25, 0.3) is 10.9 Å². The molecule has 2 aromatic heterocycles. The van der Waals surface area contributed by atoms with Gasteiger partial charge in [-0.3, -0.25) is 14.8 Å². The van der Waals surface area contributed by atoms with Gasteiger partial charge in [0.15, 0.2) is 11.6 Å². The summed E-state index contributed by atoms with van der Waals surface area (Å²) in [6, 6.07) is 5.08. The molecule has 0 unspecified atom stereocenters. The molecule has 1 atom stereocenters. The first kappa shape index (κ1) is 18.1. The molecule has 9 nitrogen and oxygen atoms in total. The van der Waals surface area contributed by atoms with Gasteiger partial charge in [-0.05, 0) is 25.1 Å². The van der Waals surface area contributed by atoms with E-state index in [1.807, 2.05) is 18.2 Å². The van der Waals surface area contributed by atoms with Crippen molar-refractivity contribution in [2.45, 2.75) is 13.0 Å². The second kappa shape index (κ2) is 7.06. The molecule has 0 fully saturated rings. The normalized spacial score (nSPS) is 15.7. The smallest absolute Gasteiger partial charge is 0.250 e. The predicted octanol–water partition coefficient (Wildman–Crippen LogP) is 1.49. The third kappa shape index (κ3) is 3.05. The summed E-state index contributed by atoms with van der Waals surface area (Å²) in [5.41, 5.74) is 7.88. The number of terminal acetylenes is 2. The Morgan fingerprint density at radius 2 is 2.10 bits per heavy atom. The van der Waals surface area contributed by atoms with Gasteiger partial charge in [-0.15, -0.1) is 12.8 Å². The van der Waals surface area contributed by atoms with Crippen molar-refractivity contribution >= 4 is 45.8 Å². The number of carbonyl (C=O) groups excluding carboxylic acids is 1. The van der Waals surface area contributed by atoms with Crippen LogP contribution < -0.4 is 20.9 Å². The van der Waals surface area contributed by atoms with Gasteiger partial charge in [-0.25, -0.2) is 4.98 Å². The van der Waals surface area contributed by atoms with Crippen LogP contribution >= 0.6 is 0 Å². The number of hydrogen-bond acceptors (Lipinski definition) is 7. The van der Waals surface area contributed by atoms with Gasteiger partial charge < -0.3 is 16.0 Å². The first-order valence-corrected chi connectivity index (χ1v) is 8.86. The Labute approximate surface area is 167 Å². The highest BCUT2D eigenvalue weighted by molar-refractivity contribution is 6.05. The predicted molar refractivity (Wildman–Crippen MR) is 113 cm³/mol. The van der Waals surface area contributed by atoms with Crippen LogP contribution in [0.4, 0.5) is 29.0 Å². The van der Waals surface area contributed by atoms with E-state index in [0.29, 0.717) is 23.3 Å². The van der Waals surface area contributed by atoms with E-state index in [0.717, 1.165) is 16.6 Å². The molecular formula is C20H18N8O. The lowest BCUT2D eigenvalue weighted by Gasteiger charge is -2.38. The molecule has 3 aromatic rings. The van der Waals surface area contributed by atoms with Crippen LogP contribution in [0.3, 0.4) is 0 Å². The Morgan fingerprint density at radius 3 is 2.86 bits per heavy atom. The maximum atomic E-state index is 12.7. The third-order valence-corrected chi connectivity index (χ3v) is 4.76. The van der Waals surface area contributed by atoms with Crippen molar-refractivity contribution in [3.05, 3.63) is 24.4 Å². The van der Waals surface area contributed by atoms with E-state index in [1.54, 1.807) is 18.0 Å². The Hall–Kier alpha value is -4.24. The topological polar surface area (TPSA) is 116 Å². The average molecular weight is 386 g/mol. The minimum Gasteiger partial charge on any atom is -0.382 e. The number of aromatic nitrogens is 4. The zero-order chi connectivity index (χ0) is 20.5. The van der Waals surface area contributed by atoms with E-state index in [2.05, 4.69) is 37.3 Å². The minimum absolute atomic E-state index is 0.133. The number of fused-ring (bicyclic) bond motifs is 2. The van der Waals surface area contributed by atoms with Crippen LogP contribution in [0.1, 0.15) is 6.92 Å². The van der Waals surface area contributed by atoms with E-state index in [1.165, 1.54) is 4.90 Å². The summed E-state index contributed by atoms with van der Waals surface area (Å²) < 4.78 is 0. The second-order valence-corrected chi connectivity index (χ2v) is 6.53. The lowest BCUT2D eigenvalue weighted by Crippen LogP contribution is -2.52. The van der Waals surface area contributed by atoms with E-state index in [9.17, 15) is 4.79 Å². The number of amides is 1. The van der Waals surface area contributed by atoms with Gasteiger partial charge in [0.25, 0.3) is 0 Å². The molecule has 29 heavy (non-hydrogen) atoms. The lowest BCUT2D eigenvalue weighted by atomic mass is 10.1. The molecule has 0 aliphatic carbocycles. The fourth-order valence-corrected chi connectivity index (χ4v) is 3.30. The first-order chi connectivity index (χ1) is 14.0. The molecule has 1 aliphatic heterocycles. The molecule has 1 amide bonds. The number of nitrogens with zero attached hydrogens (tertiary/aromatic N) is 5. The van der Waals surface area contributed by atoms with Gasteiger partial charge in [0.1, 0.15) is 11.7 Å². The van der Waals surface area contributed by atoms with Crippen molar-refractivity contribution in [2.24, 2.45) is 0 Å². The van der Waals surface area contributed by atoms with E-state index < -0.39 is 6.04 Å². The van der Waals surface area contributed by atoms with Gasteiger partial charge >= 0.3 is 0 Å². The van der Waals surface area contributed by atoms with Crippen molar-refractivity contribution in [3.8, 4) is 24.7 Å². The maximum Gasteiger partial charge on any atom is 0.250 e. The molecule has 4 rings (SSSR count). The average Bonchev–Trinajstić information content (AvgIpc) is 3.09. The fourth-order valence-electron chi connectivity index (χ4n) is 3.30. The van der Waals surface area contributed by atoms with Gasteiger partial charge in [0.2, 0.25) is 11.9 Å². The number of aromatic amines is 1. The number of rotatable bonds is 4. The number of nitrogen functional groups attached to an aromatic ring is 1. The molecule has 0 bridgehead atoms. The number of nitrogens with one attached hydrogen (secondary N) is 2. The molecule has 1 aromatic carbocycles. The SMILES string of the molecule is C#CCN1C(=O)[C@@H](C)N(CC#C)c2nc(Nc3ccc4c(N)n[nH]c4c3)ncc21. The maximum absolute atomic E-state index is 12.7. The van der Waals surface area contributed by atoms with Crippen molar-refractivity contribution in [1.29, 1.82) is 0 Å². The summed E-state index contributed by atoms with van der Waals surface area (Å²) >= 11 is 0. The van der Waals surface area contributed by atoms with Crippen LogP contribution in [0.15, 0.2) is 24.4 Å². The Morgan fingerprint density at radius 1 is 1.31 bits per heavy atom. The number of hydrogen-bond donors (Lipinski definition) is 3.